The molecule has 2 aromatic rings. The molecule has 3 rings (SSSR count). The molecule has 0 radical (unpaired) electrons. The van der Waals surface area contributed by atoms with Crippen LogP contribution in [0, 0.1) is 0 Å². The fourth-order valence-electron chi connectivity index (χ4n) is 3.07. The maximum Gasteiger partial charge on any atom is 0.416 e. The normalized spacial score (nSPS) is 25.1. The average Bonchev–Trinajstić information content (AvgIpc) is 3.04. The summed E-state index contributed by atoms with van der Waals surface area (Å²) in [5.74, 6) is -0.140. The van der Waals surface area contributed by atoms with Crippen molar-refractivity contribution < 1.29 is 28.1 Å². The molecule has 2 aromatic heterocycles. The molecule has 0 saturated carbocycles. The highest BCUT2D eigenvalue weighted by Gasteiger charge is 2.50. The Morgan fingerprint density at radius 1 is 1.50 bits per heavy atom. The van der Waals surface area contributed by atoms with Crippen LogP contribution in [0.25, 0.3) is 11.2 Å². The largest absolute Gasteiger partial charge is 0.416 e. The maximum atomic E-state index is 12.7. The number of aliphatic hydroxyl groups is 2. The Balaban J connectivity index is 2.06. The first-order valence-electron chi connectivity index (χ1n) is 7.96. The molecule has 1 aliphatic rings. The van der Waals surface area contributed by atoms with Gasteiger partial charge in [-0.25, -0.2) is 14.3 Å². The third-order valence-electron chi connectivity index (χ3n) is 4.23. The van der Waals surface area contributed by atoms with Crippen LogP contribution in [0.1, 0.15) is 26.0 Å². The van der Waals surface area contributed by atoms with Crippen molar-refractivity contribution in [2.45, 2.75) is 57.0 Å². The molecular formula is C14H18F3N5O4. The summed E-state index contributed by atoms with van der Waals surface area (Å²) in [5.41, 5.74) is 5.30. The van der Waals surface area contributed by atoms with Crippen LogP contribution in [0.5, 0.6) is 0 Å². The molecule has 0 aliphatic carbocycles. The number of imidazole rings is 1. The first-order chi connectivity index (χ1) is 12.1. The number of anilines is 1. The second-order valence-corrected chi connectivity index (χ2v) is 6.10. The summed E-state index contributed by atoms with van der Waals surface area (Å²) >= 11 is 0. The Morgan fingerprint density at radius 2 is 2.19 bits per heavy atom. The van der Waals surface area contributed by atoms with Crippen LogP contribution in [-0.2, 0) is 11.3 Å². The van der Waals surface area contributed by atoms with Crippen molar-refractivity contribution in [3.8, 4) is 0 Å². The molecule has 12 heteroatoms. The number of aromatic nitrogens is 4. The van der Waals surface area contributed by atoms with Crippen LogP contribution in [0.15, 0.2) is 11.0 Å². The molecular weight excluding hydrogens is 359 g/mol. The van der Waals surface area contributed by atoms with Gasteiger partial charge in [-0.05, 0) is 6.42 Å². The molecule has 4 atom stereocenters. The van der Waals surface area contributed by atoms with Gasteiger partial charge in [-0.2, -0.15) is 18.2 Å². The standard InChI is InChI=1S/C14H18F3N5O4/c1-2-3-21-6-5-19-12(18)20-10(6)22(13(21)25)11-7(23)4-8(26-11)9(24)14(15,16)17/h5,7-9,11,23-24H,2-4H2,1H3,(H2,18,19,20)/t7-,8+,9?,11-/m1/s1. The second-order valence-electron chi connectivity index (χ2n) is 6.10. The second kappa shape index (κ2) is 6.52. The van der Waals surface area contributed by atoms with Crippen LogP contribution in [-0.4, -0.2) is 53.8 Å². The van der Waals surface area contributed by atoms with Crippen molar-refractivity contribution in [3.63, 3.8) is 0 Å². The molecule has 0 spiro atoms. The van der Waals surface area contributed by atoms with Gasteiger partial charge in [0.1, 0.15) is 11.6 Å². The number of alkyl halides is 3. The molecule has 1 saturated heterocycles. The molecule has 144 valence electrons. The number of aryl methyl sites for hydroxylation is 1. The van der Waals surface area contributed by atoms with E-state index in [0.29, 0.717) is 18.5 Å². The van der Waals surface area contributed by atoms with Gasteiger partial charge in [0.05, 0.1) is 12.3 Å². The lowest BCUT2D eigenvalue weighted by molar-refractivity contribution is -0.237. The molecule has 1 unspecified atom stereocenters. The number of nitrogens with two attached hydrogens (primary N) is 1. The van der Waals surface area contributed by atoms with E-state index >= 15 is 0 Å². The highest BCUT2D eigenvalue weighted by Crippen LogP contribution is 2.36. The predicted molar refractivity (Wildman–Crippen MR) is 83.1 cm³/mol. The number of nitrogens with zero attached hydrogens (tertiary/aromatic N) is 4. The number of fused-ring (bicyclic) bond motifs is 1. The number of rotatable bonds is 4. The highest BCUT2D eigenvalue weighted by molar-refractivity contribution is 5.71. The third kappa shape index (κ3) is 3.04. The smallest absolute Gasteiger partial charge is 0.388 e. The van der Waals surface area contributed by atoms with E-state index in [2.05, 4.69) is 9.97 Å². The zero-order valence-electron chi connectivity index (χ0n) is 13.7. The minimum Gasteiger partial charge on any atom is -0.388 e. The predicted octanol–water partition coefficient (Wildman–Crippen LogP) is 0.157. The van der Waals surface area contributed by atoms with Gasteiger partial charge in [-0.1, -0.05) is 6.92 Å². The van der Waals surface area contributed by atoms with Crippen molar-refractivity contribution in [1.82, 2.24) is 19.1 Å². The van der Waals surface area contributed by atoms with E-state index in [1.54, 1.807) is 0 Å². The van der Waals surface area contributed by atoms with Gasteiger partial charge in [-0.3, -0.25) is 4.57 Å². The van der Waals surface area contributed by atoms with Crippen molar-refractivity contribution in [1.29, 1.82) is 0 Å². The van der Waals surface area contributed by atoms with Gasteiger partial charge < -0.3 is 20.7 Å². The Morgan fingerprint density at radius 3 is 2.81 bits per heavy atom. The van der Waals surface area contributed by atoms with Crippen LogP contribution >= 0.6 is 0 Å². The zero-order valence-corrected chi connectivity index (χ0v) is 13.7. The Kier molecular flexibility index (Phi) is 4.67. The Labute approximate surface area is 144 Å². The topological polar surface area (TPSA) is 128 Å². The van der Waals surface area contributed by atoms with E-state index in [9.17, 15) is 28.2 Å². The number of nitrogen functional groups attached to an aromatic ring is 1. The van der Waals surface area contributed by atoms with Crippen molar-refractivity contribution >= 4 is 17.1 Å². The van der Waals surface area contributed by atoms with Crippen molar-refractivity contribution in [3.05, 3.63) is 16.7 Å². The summed E-state index contributed by atoms with van der Waals surface area (Å²) in [5, 5.41) is 19.6. The lowest BCUT2D eigenvalue weighted by Gasteiger charge is -2.21. The minimum atomic E-state index is -4.91. The van der Waals surface area contributed by atoms with E-state index in [-0.39, 0.29) is 11.6 Å². The van der Waals surface area contributed by atoms with E-state index in [1.807, 2.05) is 6.92 Å². The molecule has 1 aliphatic heterocycles. The van der Waals surface area contributed by atoms with E-state index in [4.69, 9.17) is 10.5 Å². The number of halogens is 3. The summed E-state index contributed by atoms with van der Waals surface area (Å²) in [6.07, 6.45) is -10.8. The summed E-state index contributed by atoms with van der Waals surface area (Å²) in [6, 6.07) is 0. The maximum absolute atomic E-state index is 12.7. The van der Waals surface area contributed by atoms with Gasteiger partial charge in [0.25, 0.3) is 0 Å². The number of hydrogen-bond donors (Lipinski definition) is 3. The van der Waals surface area contributed by atoms with Gasteiger partial charge in [0.15, 0.2) is 18.0 Å². The number of hydrogen-bond acceptors (Lipinski definition) is 7. The number of ether oxygens (including phenoxy) is 1. The van der Waals surface area contributed by atoms with Gasteiger partial charge in [0.2, 0.25) is 5.95 Å². The van der Waals surface area contributed by atoms with E-state index in [0.717, 1.165) is 4.57 Å². The first kappa shape index (κ1) is 18.6. The van der Waals surface area contributed by atoms with Crippen LogP contribution in [0.4, 0.5) is 19.1 Å². The molecule has 0 amide bonds. The summed E-state index contributed by atoms with van der Waals surface area (Å²) < 4.78 is 45.7. The van der Waals surface area contributed by atoms with Crippen molar-refractivity contribution in [2.75, 3.05) is 5.73 Å². The van der Waals surface area contributed by atoms with Gasteiger partial charge in [-0.15, -0.1) is 0 Å². The fraction of sp³-hybridized carbons (Fsp3) is 0.643. The molecule has 9 nitrogen and oxygen atoms in total. The molecule has 3 heterocycles. The summed E-state index contributed by atoms with van der Waals surface area (Å²) in [6.45, 7) is 2.15. The Bertz CT molecular complexity index is 865. The van der Waals surface area contributed by atoms with Crippen LogP contribution < -0.4 is 11.4 Å². The van der Waals surface area contributed by atoms with E-state index in [1.165, 1.54) is 10.8 Å². The first-order valence-corrected chi connectivity index (χ1v) is 7.96. The van der Waals surface area contributed by atoms with Gasteiger partial charge in [0, 0.05) is 13.0 Å². The molecule has 1 fully saturated rings. The van der Waals surface area contributed by atoms with Crippen LogP contribution in [0.2, 0.25) is 0 Å². The molecule has 26 heavy (non-hydrogen) atoms. The lowest BCUT2D eigenvalue weighted by atomic mass is 10.1. The monoisotopic (exact) mass is 377 g/mol. The summed E-state index contributed by atoms with van der Waals surface area (Å²) in [4.78, 5) is 20.5. The SMILES string of the molecule is CCCn1c(=O)n([C@@H]2O[C@H](C(O)C(F)(F)F)C[C@H]2O)c2nc(N)ncc21. The minimum absolute atomic E-state index is 0.0437. The summed E-state index contributed by atoms with van der Waals surface area (Å²) in [7, 11) is 0. The molecule has 4 N–H and O–H groups in total. The van der Waals surface area contributed by atoms with Crippen LogP contribution in [0.3, 0.4) is 0 Å². The quantitative estimate of drug-likeness (QED) is 0.692. The number of aliphatic hydroxyl groups excluding tert-OH is 2. The highest BCUT2D eigenvalue weighted by atomic mass is 19.4. The average molecular weight is 377 g/mol. The van der Waals surface area contributed by atoms with Crippen molar-refractivity contribution in [2.24, 2.45) is 0 Å². The molecule has 0 bridgehead atoms. The zero-order chi connectivity index (χ0) is 19.2. The third-order valence-corrected chi connectivity index (χ3v) is 4.23. The fourth-order valence-corrected chi connectivity index (χ4v) is 3.07. The Hall–Kier alpha value is -2.18. The lowest BCUT2D eigenvalue weighted by Crippen LogP contribution is -2.39. The van der Waals surface area contributed by atoms with Gasteiger partial charge >= 0.3 is 11.9 Å². The van der Waals surface area contributed by atoms with E-state index < -0.39 is 42.8 Å². The molecule has 0 aromatic carbocycles.